The van der Waals surface area contributed by atoms with Crippen molar-refractivity contribution >= 4 is 5.91 Å². The molecule has 1 amide bonds. The van der Waals surface area contributed by atoms with Gasteiger partial charge in [-0.1, -0.05) is 24.3 Å². The third-order valence-electron chi connectivity index (χ3n) is 3.21. The van der Waals surface area contributed by atoms with Gasteiger partial charge in [-0.25, -0.2) is 0 Å². The minimum absolute atomic E-state index is 0.0994. The molecule has 4 nitrogen and oxygen atoms in total. The maximum Gasteiger partial charge on any atom is 0.227 e. The zero-order valence-corrected chi connectivity index (χ0v) is 11.6. The second kappa shape index (κ2) is 6.82. The number of carbonyl (C=O) groups is 1. The first-order valence-corrected chi connectivity index (χ1v) is 6.60. The van der Waals surface area contributed by atoms with Gasteiger partial charge in [0.05, 0.1) is 6.42 Å². The fraction of sp³-hybridized carbons (Fsp3) is 0.250. The molecule has 0 aliphatic heterocycles. The first-order chi connectivity index (χ1) is 9.69. The van der Waals surface area contributed by atoms with Crippen molar-refractivity contribution in [3.63, 3.8) is 0 Å². The first kappa shape index (κ1) is 14.2. The van der Waals surface area contributed by atoms with Crippen LogP contribution in [0.15, 0.2) is 48.8 Å². The third kappa shape index (κ3) is 3.90. The lowest BCUT2D eigenvalue weighted by atomic mass is 10.1. The van der Waals surface area contributed by atoms with Crippen LogP contribution in [0.2, 0.25) is 0 Å². The summed E-state index contributed by atoms with van der Waals surface area (Å²) in [4.78, 5) is 17.9. The van der Waals surface area contributed by atoms with Crippen molar-refractivity contribution in [2.75, 3.05) is 7.05 Å². The summed E-state index contributed by atoms with van der Waals surface area (Å²) in [6.45, 7) is 1.12. The summed E-state index contributed by atoms with van der Waals surface area (Å²) in [6.07, 6.45) is 3.88. The lowest BCUT2D eigenvalue weighted by Gasteiger charge is -2.17. The van der Waals surface area contributed by atoms with E-state index in [0.29, 0.717) is 19.5 Å². The molecule has 0 unspecified atom stereocenters. The van der Waals surface area contributed by atoms with Crippen molar-refractivity contribution in [3.8, 4) is 0 Å². The average Bonchev–Trinajstić information content (AvgIpc) is 2.49. The number of amides is 1. The van der Waals surface area contributed by atoms with Crippen LogP contribution in [0.4, 0.5) is 0 Å². The van der Waals surface area contributed by atoms with Gasteiger partial charge in [-0.2, -0.15) is 0 Å². The molecule has 2 N–H and O–H groups in total. The number of aromatic nitrogens is 1. The fourth-order valence-electron chi connectivity index (χ4n) is 1.95. The van der Waals surface area contributed by atoms with E-state index in [9.17, 15) is 4.79 Å². The van der Waals surface area contributed by atoms with Crippen LogP contribution in [-0.4, -0.2) is 22.8 Å². The highest BCUT2D eigenvalue weighted by molar-refractivity contribution is 5.78. The van der Waals surface area contributed by atoms with Crippen LogP contribution >= 0.6 is 0 Å². The van der Waals surface area contributed by atoms with Crippen molar-refractivity contribution in [1.82, 2.24) is 9.88 Å². The molecule has 0 radical (unpaired) electrons. The highest BCUT2D eigenvalue weighted by Gasteiger charge is 2.10. The maximum absolute atomic E-state index is 12.2. The molecule has 0 aliphatic carbocycles. The number of benzene rings is 1. The van der Waals surface area contributed by atoms with Crippen LogP contribution in [0, 0.1) is 0 Å². The SMILES string of the molecule is CN(Cc1ccncc1)C(=O)Cc1ccc(CN)cc1. The van der Waals surface area contributed by atoms with Crippen molar-refractivity contribution in [1.29, 1.82) is 0 Å². The van der Waals surface area contributed by atoms with Crippen molar-refractivity contribution in [3.05, 3.63) is 65.5 Å². The molecular formula is C16H19N3O. The second-order valence-corrected chi connectivity index (χ2v) is 4.80. The molecule has 0 aliphatic rings. The Labute approximate surface area is 119 Å². The van der Waals surface area contributed by atoms with Crippen molar-refractivity contribution < 1.29 is 4.79 Å². The quantitative estimate of drug-likeness (QED) is 0.899. The van der Waals surface area contributed by atoms with Gasteiger partial charge in [-0.05, 0) is 28.8 Å². The Hall–Kier alpha value is -2.20. The van der Waals surface area contributed by atoms with Gasteiger partial charge in [0.2, 0.25) is 5.91 Å². The standard InChI is InChI=1S/C16H19N3O/c1-19(12-15-6-8-18-9-7-15)16(20)10-13-2-4-14(11-17)5-3-13/h2-9H,10-12,17H2,1H3. The molecule has 0 spiro atoms. The molecule has 1 aromatic heterocycles. The van der Waals surface area contributed by atoms with E-state index >= 15 is 0 Å². The number of likely N-dealkylation sites (N-methyl/N-ethyl adjacent to an activating group) is 1. The second-order valence-electron chi connectivity index (χ2n) is 4.80. The first-order valence-electron chi connectivity index (χ1n) is 6.60. The van der Waals surface area contributed by atoms with Crippen LogP contribution in [0.3, 0.4) is 0 Å². The number of hydrogen-bond acceptors (Lipinski definition) is 3. The van der Waals surface area contributed by atoms with Crippen molar-refractivity contribution in [2.24, 2.45) is 5.73 Å². The van der Waals surface area contributed by atoms with Crippen molar-refractivity contribution in [2.45, 2.75) is 19.5 Å². The monoisotopic (exact) mass is 269 g/mol. The van der Waals surface area contributed by atoms with Crippen LogP contribution in [0.25, 0.3) is 0 Å². The Morgan fingerprint density at radius 2 is 1.65 bits per heavy atom. The zero-order valence-electron chi connectivity index (χ0n) is 11.6. The minimum atomic E-state index is 0.0994. The number of carbonyl (C=O) groups excluding carboxylic acids is 1. The van der Waals surface area contributed by atoms with Gasteiger partial charge in [0.25, 0.3) is 0 Å². The largest absolute Gasteiger partial charge is 0.341 e. The lowest BCUT2D eigenvalue weighted by molar-refractivity contribution is -0.129. The molecule has 0 saturated carbocycles. The molecule has 0 saturated heterocycles. The molecule has 1 aromatic carbocycles. The topological polar surface area (TPSA) is 59.2 Å². The Morgan fingerprint density at radius 1 is 1.05 bits per heavy atom. The summed E-state index contributed by atoms with van der Waals surface area (Å²) < 4.78 is 0. The normalized spacial score (nSPS) is 10.3. The average molecular weight is 269 g/mol. The Bertz CT molecular complexity index is 552. The Kier molecular flexibility index (Phi) is 4.85. The van der Waals surface area contributed by atoms with Crippen LogP contribution in [0.1, 0.15) is 16.7 Å². The molecule has 1 heterocycles. The van der Waals surface area contributed by atoms with Gasteiger partial charge >= 0.3 is 0 Å². The van der Waals surface area contributed by atoms with E-state index in [0.717, 1.165) is 16.7 Å². The molecule has 2 aromatic rings. The zero-order chi connectivity index (χ0) is 14.4. The highest BCUT2D eigenvalue weighted by Crippen LogP contribution is 2.08. The van der Waals surface area contributed by atoms with Gasteiger partial charge in [0.15, 0.2) is 0 Å². The van der Waals surface area contributed by atoms with Crippen LogP contribution in [0.5, 0.6) is 0 Å². The smallest absolute Gasteiger partial charge is 0.227 e. The van der Waals surface area contributed by atoms with Gasteiger partial charge < -0.3 is 10.6 Å². The van der Waals surface area contributed by atoms with E-state index in [2.05, 4.69) is 4.98 Å². The number of nitrogens with two attached hydrogens (primary N) is 1. The van der Waals surface area contributed by atoms with Gasteiger partial charge in [0.1, 0.15) is 0 Å². The third-order valence-corrected chi connectivity index (χ3v) is 3.21. The molecule has 4 heteroatoms. The summed E-state index contributed by atoms with van der Waals surface area (Å²) in [5, 5.41) is 0. The number of hydrogen-bond donors (Lipinski definition) is 1. The fourth-order valence-corrected chi connectivity index (χ4v) is 1.95. The lowest BCUT2D eigenvalue weighted by Crippen LogP contribution is -2.27. The van der Waals surface area contributed by atoms with E-state index in [1.807, 2.05) is 43.4 Å². The Morgan fingerprint density at radius 3 is 2.25 bits per heavy atom. The maximum atomic E-state index is 12.2. The summed E-state index contributed by atoms with van der Waals surface area (Å²) in [5.74, 6) is 0.0994. The van der Waals surface area contributed by atoms with E-state index in [1.54, 1.807) is 17.3 Å². The van der Waals surface area contributed by atoms with E-state index in [4.69, 9.17) is 5.73 Å². The molecule has 20 heavy (non-hydrogen) atoms. The molecule has 0 bridgehead atoms. The van der Waals surface area contributed by atoms with Crippen LogP contribution < -0.4 is 5.73 Å². The van der Waals surface area contributed by atoms with Gasteiger partial charge in [0, 0.05) is 32.5 Å². The van der Waals surface area contributed by atoms with Crippen LogP contribution in [-0.2, 0) is 24.3 Å². The number of rotatable bonds is 5. The molecule has 0 atom stereocenters. The Balaban J connectivity index is 1.93. The van der Waals surface area contributed by atoms with E-state index < -0.39 is 0 Å². The van der Waals surface area contributed by atoms with E-state index in [-0.39, 0.29) is 5.91 Å². The number of pyridine rings is 1. The molecule has 104 valence electrons. The van der Waals surface area contributed by atoms with Gasteiger partial charge in [-0.3, -0.25) is 9.78 Å². The van der Waals surface area contributed by atoms with Gasteiger partial charge in [-0.15, -0.1) is 0 Å². The number of nitrogens with zero attached hydrogens (tertiary/aromatic N) is 2. The summed E-state index contributed by atoms with van der Waals surface area (Å²) in [7, 11) is 1.82. The summed E-state index contributed by atoms with van der Waals surface area (Å²) in [6, 6.07) is 11.7. The van der Waals surface area contributed by atoms with E-state index in [1.165, 1.54) is 0 Å². The highest BCUT2D eigenvalue weighted by atomic mass is 16.2. The predicted octanol–water partition coefficient (Wildman–Crippen LogP) is 1.74. The minimum Gasteiger partial charge on any atom is -0.341 e. The summed E-state index contributed by atoms with van der Waals surface area (Å²) in [5.41, 5.74) is 8.72. The predicted molar refractivity (Wildman–Crippen MR) is 78.7 cm³/mol. The molecular weight excluding hydrogens is 250 g/mol. The molecule has 2 rings (SSSR count). The summed E-state index contributed by atoms with van der Waals surface area (Å²) >= 11 is 0. The molecule has 0 fully saturated rings.